The molecule has 1 aliphatic rings. The summed E-state index contributed by atoms with van der Waals surface area (Å²) in [6.07, 6.45) is -0.545. The number of nitrogens with one attached hydrogen (secondary N) is 1. The van der Waals surface area contributed by atoms with Crippen LogP contribution in [0.5, 0.6) is 0 Å². The molecule has 2 heterocycles. The van der Waals surface area contributed by atoms with Gasteiger partial charge in [0.1, 0.15) is 0 Å². The molecule has 1 aromatic heterocycles. The lowest BCUT2D eigenvalue weighted by atomic mass is 9.93. The second-order valence-electron chi connectivity index (χ2n) is 6.71. The maximum absolute atomic E-state index is 12.8. The van der Waals surface area contributed by atoms with Crippen LogP contribution >= 0.6 is 0 Å². The number of hydrogen-bond acceptors (Lipinski definition) is 3. The topological polar surface area (TPSA) is 58.2 Å². The summed E-state index contributed by atoms with van der Waals surface area (Å²) >= 11 is 0. The Morgan fingerprint density at radius 2 is 2.23 bits per heavy atom. The number of benzene rings is 1. The third-order valence-corrected chi connectivity index (χ3v) is 4.76. The number of methoxy groups -OCH3 is 1. The Hall–Kier alpha value is -2.09. The van der Waals surface area contributed by atoms with Crippen molar-refractivity contribution in [2.45, 2.75) is 31.9 Å². The van der Waals surface area contributed by atoms with Gasteiger partial charge >= 0.3 is 6.18 Å². The number of carbonyl (C=O) groups is 1. The van der Waals surface area contributed by atoms with E-state index >= 15 is 0 Å². The van der Waals surface area contributed by atoms with Crippen LogP contribution in [0.2, 0.25) is 0 Å². The van der Waals surface area contributed by atoms with Crippen molar-refractivity contribution in [3.8, 4) is 0 Å². The average Bonchev–Trinajstić information content (AvgIpc) is 3.05. The molecule has 0 radical (unpaired) electrons. The SMILES string of the molecule is COCCC[C@@H]1CCCN(C(=O)c2ccc3nc(C(F)(F)F)[nH]c3c2)C1. The molecule has 1 amide bonds. The van der Waals surface area contributed by atoms with Crippen molar-refractivity contribution in [3.05, 3.63) is 29.6 Å². The zero-order valence-electron chi connectivity index (χ0n) is 14.6. The molecule has 1 aliphatic heterocycles. The molecule has 1 atom stereocenters. The quantitative estimate of drug-likeness (QED) is 0.814. The lowest BCUT2D eigenvalue weighted by Gasteiger charge is -2.33. The Kier molecular flexibility index (Phi) is 5.50. The fraction of sp³-hybridized carbons (Fsp3) is 0.556. The van der Waals surface area contributed by atoms with E-state index in [1.807, 2.05) is 0 Å². The van der Waals surface area contributed by atoms with E-state index in [-0.39, 0.29) is 16.9 Å². The molecule has 0 aliphatic carbocycles. The van der Waals surface area contributed by atoms with Gasteiger partial charge in [-0.2, -0.15) is 13.2 Å². The van der Waals surface area contributed by atoms with Gasteiger partial charge in [0.15, 0.2) is 0 Å². The van der Waals surface area contributed by atoms with Crippen LogP contribution in [0.3, 0.4) is 0 Å². The van der Waals surface area contributed by atoms with Crippen LogP contribution < -0.4 is 0 Å². The maximum Gasteiger partial charge on any atom is 0.449 e. The van der Waals surface area contributed by atoms with Gasteiger partial charge in [-0.05, 0) is 49.8 Å². The van der Waals surface area contributed by atoms with E-state index in [1.54, 1.807) is 18.1 Å². The van der Waals surface area contributed by atoms with Crippen LogP contribution in [-0.4, -0.2) is 47.6 Å². The van der Waals surface area contributed by atoms with Gasteiger partial charge in [0.2, 0.25) is 5.82 Å². The van der Waals surface area contributed by atoms with Crippen LogP contribution in [0, 0.1) is 5.92 Å². The summed E-state index contributed by atoms with van der Waals surface area (Å²) in [6, 6.07) is 4.45. The minimum atomic E-state index is -4.54. The summed E-state index contributed by atoms with van der Waals surface area (Å²) in [6.45, 7) is 2.06. The average molecular weight is 369 g/mol. The zero-order valence-corrected chi connectivity index (χ0v) is 14.6. The van der Waals surface area contributed by atoms with Gasteiger partial charge in [-0.25, -0.2) is 4.98 Å². The Labute approximate surface area is 149 Å². The highest BCUT2D eigenvalue weighted by Gasteiger charge is 2.35. The Bertz CT molecular complexity index is 773. The standard InChI is InChI=1S/C18H22F3N3O2/c1-26-9-3-5-12-4-2-8-24(11-12)16(25)13-6-7-14-15(10-13)23-17(22-14)18(19,20)21/h6-7,10,12H,2-5,8-9,11H2,1H3,(H,22,23)/t12-/m0/s1. The third kappa shape index (κ3) is 4.17. The number of aromatic nitrogens is 2. The lowest BCUT2D eigenvalue weighted by molar-refractivity contribution is -0.144. The number of rotatable bonds is 5. The van der Waals surface area contributed by atoms with Crippen molar-refractivity contribution in [3.63, 3.8) is 0 Å². The number of halogens is 3. The van der Waals surface area contributed by atoms with Crippen molar-refractivity contribution in [2.75, 3.05) is 26.8 Å². The molecule has 1 fully saturated rings. The molecule has 26 heavy (non-hydrogen) atoms. The van der Waals surface area contributed by atoms with Gasteiger partial charge in [0, 0.05) is 32.4 Å². The Morgan fingerprint density at radius 1 is 1.42 bits per heavy atom. The van der Waals surface area contributed by atoms with Gasteiger partial charge in [-0.3, -0.25) is 4.79 Å². The number of ether oxygens (including phenoxy) is 1. The number of amides is 1. The molecule has 142 valence electrons. The number of carbonyl (C=O) groups excluding carboxylic acids is 1. The smallest absolute Gasteiger partial charge is 0.385 e. The summed E-state index contributed by atoms with van der Waals surface area (Å²) in [5.74, 6) is -0.754. The van der Waals surface area contributed by atoms with Gasteiger partial charge in [-0.1, -0.05) is 0 Å². The van der Waals surface area contributed by atoms with Crippen LogP contribution in [0.4, 0.5) is 13.2 Å². The van der Waals surface area contributed by atoms with E-state index in [0.29, 0.717) is 31.2 Å². The monoisotopic (exact) mass is 369 g/mol. The van der Waals surface area contributed by atoms with Crippen molar-refractivity contribution >= 4 is 16.9 Å². The first-order chi connectivity index (χ1) is 12.4. The Balaban J connectivity index is 1.72. The molecule has 1 N–H and O–H groups in total. The fourth-order valence-electron chi connectivity index (χ4n) is 3.46. The number of fused-ring (bicyclic) bond motifs is 1. The summed E-state index contributed by atoms with van der Waals surface area (Å²) in [7, 11) is 1.67. The van der Waals surface area contributed by atoms with Gasteiger partial charge < -0.3 is 14.6 Å². The van der Waals surface area contributed by atoms with Crippen molar-refractivity contribution in [1.82, 2.24) is 14.9 Å². The number of likely N-dealkylation sites (tertiary alicyclic amines) is 1. The van der Waals surface area contributed by atoms with E-state index in [2.05, 4.69) is 9.97 Å². The number of nitrogens with zero attached hydrogens (tertiary/aromatic N) is 2. The lowest BCUT2D eigenvalue weighted by Crippen LogP contribution is -2.40. The van der Waals surface area contributed by atoms with Crippen LogP contribution in [0.15, 0.2) is 18.2 Å². The maximum atomic E-state index is 12.8. The minimum absolute atomic E-state index is 0.147. The van der Waals surface area contributed by atoms with E-state index in [1.165, 1.54) is 12.1 Å². The summed E-state index contributed by atoms with van der Waals surface area (Å²) in [4.78, 5) is 20.4. The van der Waals surface area contributed by atoms with Crippen molar-refractivity contribution in [2.24, 2.45) is 5.92 Å². The normalized spacial score (nSPS) is 18.5. The molecule has 0 saturated carbocycles. The number of alkyl halides is 3. The molecule has 3 rings (SSSR count). The first-order valence-electron chi connectivity index (χ1n) is 8.73. The predicted octanol–water partition coefficient (Wildman–Crippen LogP) is 3.86. The molecule has 2 aromatic rings. The van der Waals surface area contributed by atoms with Gasteiger partial charge in [0.25, 0.3) is 5.91 Å². The van der Waals surface area contributed by atoms with E-state index in [4.69, 9.17) is 4.74 Å². The molecular weight excluding hydrogens is 347 g/mol. The number of piperidine rings is 1. The van der Waals surface area contributed by atoms with Crippen LogP contribution in [0.1, 0.15) is 41.9 Å². The third-order valence-electron chi connectivity index (χ3n) is 4.76. The Morgan fingerprint density at radius 3 is 2.96 bits per heavy atom. The molecule has 0 unspecified atom stereocenters. The second kappa shape index (κ2) is 7.65. The highest BCUT2D eigenvalue weighted by Crippen LogP contribution is 2.29. The highest BCUT2D eigenvalue weighted by molar-refractivity contribution is 5.97. The van der Waals surface area contributed by atoms with Gasteiger partial charge in [0.05, 0.1) is 11.0 Å². The molecule has 1 aromatic carbocycles. The molecule has 8 heteroatoms. The second-order valence-corrected chi connectivity index (χ2v) is 6.71. The first kappa shape index (κ1) is 18.7. The molecular formula is C18H22F3N3O2. The zero-order chi connectivity index (χ0) is 18.7. The highest BCUT2D eigenvalue weighted by atomic mass is 19.4. The number of hydrogen-bond donors (Lipinski definition) is 1. The summed E-state index contributed by atoms with van der Waals surface area (Å²) in [5.41, 5.74) is 0.800. The van der Waals surface area contributed by atoms with Crippen LogP contribution in [-0.2, 0) is 10.9 Å². The number of H-pyrrole nitrogens is 1. The van der Waals surface area contributed by atoms with Gasteiger partial charge in [-0.15, -0.1) is 0 Å². The number of aromatic amines is 1. The molecule has 5 nitrogen and oxygen atoms in total. The van der Waals surface area contributed by atoms with E-state index in [9.17, 15) is 18.0 Å². The summed E-state index contributed by atoms with van der Waals surface area (Å²) in [5, 5.41) is 0. The largest absolute Gasteiger partial charge is 0.449 e. The van der Waals surface area contributed by atoms with Crippen LogP contribution in [0.25, 0.3) is 11.0 Å². The number of imidazole rings is 1. The van der Waals surface area contributed by atoms with Crippen molar-refractivity contribution < 1.29 is 22.7 Å². The fourth-order valence-corrected chi connectivity index (χ4v) is 3.46. The molecule has 0 spiro atoms. The summed E-state index contributed by atoms with van der Waals surface area (Å²) < 4.78 is 43.4. The first-order valence-corrected chi connectivity index (χ1v) is 8.73. The van der Waals surface area contributed by atoms with E-state index < -0.39 is 12.0 Å². The molecule has 0 bridgehead atoms. The predicted molar refractivity (Wildman–Crippen MR) is 90.8 cm³/mol. The van der Waals surface area contributed by atoms with E-state index in [0.717, 1.165) is 25.7 Å². The molecule has 1 saturated heterocycles. The van der Waals surface area contributed by atoms with Crippen molar-refractivity contribution in [1.29, 1.82) is 0 Å². The minimum Gasteiger partial charge on any atom is -0.385 e.